The Balaban J connectivity index is 1.54. The number of anilines is 1. The number of carbonyl (C=O) groups is 2. The third-order valence-corrected chi connectivity index (χ3v) is 9.93. The normalized spacial score (nSPS) is 23.9. The van der Waals surface area contributed by atoms with Gasteiger partial charge in [-0.15, -0.1) is 0 Å². The van der Waals surface area contributed by atoms with E-state index in [0.29, 0.717) is 30.8 Å². The molecule has 33 heavy (non-hydrogen) atoms. The van der Waals surface area contributed by atoms with Gasteiger partial charge in [0.05, 0.1) is 22.4 Å². The molecule has 2 amide bonds. The number of nitrogens with one attached hydrogen (secondary N) is 1. The quantitative estimate of drug-likeness (QED) is 0.653. The molecule has 3 heterocycles. The first-order chi connectivity index (χ1) is 15.6. The van der Waals surface area contributed by atoms with Crippen LogP contribution in [0, 0.1) is 6.92 Å². The van der Waals surface area contributed by atoms with E-state index in [2.05, 4.69) is 10.4 Å². The van der Waals surface area contributed by atoms with E-state index in [1.165, 1.54) is 16.4 Å². The zero-order valence-corrected chi connectivity index (χ0v) is 20.1. The molecule has 1 atom stereocenters. The summed E-state index contributed by atoms with van der Waals surface area (Å²) >= 11 is 0. The number of carbonyl (C=O) groups excluding carboxylic acids is 2. The van der Waals surface area contributed by atoms with Crippen molar-refractivity contribution in [1.82, 2.24) is 9.31 Å². The molecule has 180 valence electrons. The van der Waals surface area contributed by atoms with Crippen molar-refractivity contribution >= 4 is 43.1 Å². The largest absolute Gasteiger partial charge is 0.321 e. The maximum atomic E-state index is 13.0. The summed E-state index contributed by atoms with van der Waals surface area (Å²) in [5, 5.41) is 8.04. The topological polar surface area (TPSA) is 133 Å². The number of benzene rings is 1. The minimum absolute atomic E-state index is 0.00399. The molecule has 0 aliphatic carbocycles. The van der Waals surface area contributed by atoms with Crippen molar-refractivity contribution in [1.29, 1.82) is 0 Å². The molecule has 1 N–H and O–H groups in total. The van der Waals surface area contributed by atoms with E-state index < -0.39 is 31.8 Å². The maximum absolute atomic E-state index is 13.0. The molecule has 0 saturated carbocycles. The summed E-state index contributed by atoms with van der Waals surface area (Å²) in [4.78, 5) is 25.3. The Morgan fingerprint density at radius 2 is 1.88 bits per heavy atom. The minimum Gasteiger partial charge on any atom is -0.321 e. The number of aryl methyl sites for hydroxylation is 1. The van der Waals surface area contributed by atoms with Gasteiger partial charge in [-0.3, -0.25) is 9.59 Å². The average molecular weight is 497 g/mol. The van der Waals surface area contributed by atoms with Gasteiger partial charge in [-0.2, -0.15) is 9.41 Å². The Morgan fingerprint density at radius 3 is 2.55 bits per heavy atom. The van der Waals surface area contributed by atoms with Gasteiger partial charge in [0.2, 0.25) is 15.9 Å². The molecular weight excluding hydrogens is 468 g/mol. The van der Waals surface area contributed by atoms with Gasteiger partial charge in [-0.05, 0) is 43.9 Å². The molecule has 3 aliphatic rings. The molecule has 10 nitrogen and oxygen atoms in total. The van der Waals surface area contributed by atoms with Crippen molar-refractivity contribution in [2.24, 2.45) is 5.10 Å². The van der Waals surface area contributed by atoms with Crippen LogP contribution in [0.2, 0.25) is 0 Å². The monoisotopic (exact) mass is 496 g/mol. The van der Waals surface area contributed by atoms with E-state index >= 15 is 0 Å². The van der Waals surface area contributed by atoms with Crippen LogP contribution >= 0.6 is 0 Å². The third kappa shape index (κ3) is 5.12. The SMILES string of the molecule is Cc1ccc(S(=O)(=O)N2CCCCC2)cc1NC(=O)C1=NN(C2CCS(=O)(=O)C2)C(=O)CC1. The number of hydrazone groups is 1. The fourth-order valence-corrected chi connectivity index (χ4v) is 7.57. The lowest BCUT2D eigenvalue weighted by Gasteiger charge is -2.27. The summed E-state index contributed by atoms with van der Waals surface area (Å²) in [6, 6.07) is 4.07. The first kappa shape index (κ1) is 23.8. The zero-order valence-electron chi connectivity index (χ0n) is 18.5. The molecule has 2 fully saturated rings. The molecule has 12 heteroatoms. The van der Waals surface area contributed by atoms with E-state index in [1.807, 2.05) is 0 Å². The van der Waals surface area contributed by atoms with Gasteiger partial charge < -0.3 is 5.32 Å². The second-order valence-corrected chi connectivity index (χ2v) is 12.9. The number of sulfone groups is 1. The summed E-state index contributed by atoms with van der Waals surface area (Å²) in [6.07, 6.45) is 3.15. The van der Waals surface area contributed by atoms with E-state index in [1.54, 1.807) is 13.0 Å². The second-order valence-electron chi connectivity index (χ2n) is 8.74. The lowest BCUT2D eigenvalue weighted by molar-refractivity contribution is -0.133. The van der Waals surface area contributed by atoms with E-state index in [4.69, 9.17) is 0 Å². The summed E-state index contributed by atoms with van der Waals surface area (Å²) in [5.74, 6) is -1.01. The predicted molar refractivity (Wildman–Crippen MR) is 123 cm³/mol. The Bertz CT molecular complexity index is 1200. The molecular formula is C21H28N4O6S2. The molecule has 4 rings (SSSR count). The highest BCUT2D eigenvalue weighted by Gasteiger charge is 2.37. The molecule has 0 bridgehead atoms. The van der Waals surface area contributed by atoms with Crippen LogP contribution in [0.5, 0.6) is 0 Å². The summed E-state index contributed by atoms with van der Waals surface area (Å²) < 4.78 is 51.1. The van der Waals surface area contributed by atoms with Crippen molar-refractivity contribution in [2.45, 2.75) is 56.4 Å². The third-order valence-electron chi connectivity index (χ3n) is 6.29. The van der Waals surface area contributed by atoms with Crippen molar-refractivity contribution in [2.75, 3.05) is 29.9 Å². The van der Waals surface area contributed by atoms with E-state index in [0.717, 1.165) is 24.3 Å². The summed E-state index contributed by atoms with van der Waals surface area (Å²) in [7, 11) is -6.87. The molecule has 1 aromatic carbocycles. The van der Waals surface area contributed by atoms with Gasteiger partial charge >= 0.3 is 0 Å². The van der Waals surface area contributed by atoms with Crippen LogP contribution in [-0.4, -0.2) is 74.3 Å². The highest BCUT2D eigenvalue weighted by atomic mass is 32.2. The number of nitrogens with zero attached hydrogens (tertiary/aromatic N) is 3. The molecule has 0 aromatic heterocycles. The number of amides is 2. The average Bonchev–Trinajstić information content (AvgIpc) is 3.15. The van der Waals surface area contributed by atoms with Gasteiger partial charge in [0, 0.05) is 31.6 Å². The van der Waals surface area contributed by atoms with Gasteiger partial charge in [-0.1, -0.05) is 12.5 Å². The van der Waals surface area contributed by atoms with Crippen LogP contribution in [-0.2, 0) is 29.4 Å². The number of hydrogen-bond donors (Lipinski definition) is 1. The van der Waals surface area contributed by atoms with Crippen molar-refractivity contribution in [3.05, 3.63) is 23.8 Å². The zero-order chi connectivity index (χ0) is 23.8. The van der Waals surface area contributed by atoms with Crippen LogP contribution in [0.15, 0.2) is 28.2 Å². The van der Waals surface area contributed by atoms with Gasteiger partial charge in [0.25, 0.3) is 5.91 Å². The Morgan fingerprint density at radius 1 is 1.15 bits per heavy atom. The van der Waals surface area contributed by atoms with Crippen LogP contribution in [0.3, 0.4) is 0 Å². The Kier molecular flexibility index (Phi) is 6.61. The van der Waals surface area contributed by atoms with Crippen molar-refractivity contribution in [3.63, 3.8) is 0 Å². The van der Waals surface area contributed by atoms with Crippen LogP contribution in [0.4, 0.5) is 5.69 Å². The number of sulfonamides is 1. The summed E-state index contributed by atoms with van der Waals surface area (Å²) in [6.45, 7) is 2.72. The fraction of sp³-hybridized carbons (Fsp3) is 0.571. The number of hydrogen-bond acceptors (Lipinski definition) is 7. The maximum Gasteiger partial charge on any atom is 0.271 e. The highest BCUT2D eigenvalue weighted by Crippen LogP contribution is 2.26. The van der Waals surface area contributed by atoms with Crippen molar-refractivity contribution in [3.8, 4) is 0 Å². The number of rotatable bonds is 5. The minimum atomic E-state index is -3.66. The van der Waals surface area contributed by atoms with Gasteiger partial charge in [0.1, 0.15) is 5.71 Å². The van der Waals surface area contributed by atoms with Crippen molar-refractivity contribution < 1.29 is 26.4 Å². The van der Waals surface area contributed by atoms with Crippen LogP contribution in [0.25, 0.3) is 0 Å². The Labute approximate surface area is 194 Å². The smallest absolute Gasteiger partial charge is 0.271 e. The van der Waals surface area contributed by atoms with E-state index in [-0.39, 0.29) is 40.9 Å². The Hall–Kier alpha value is -2.31. The molecule has 1 unspecified atom stereocenters. The van der Waals surface area contributed by atoms with Gasteiger partial charge in [-0.25, -0.2) is 21.8 Å². The lowest BCUT2D eigenvalue weighted by Crippen LogP contribution is -2.42. The molecule has 1 aromatic rings. The van der Waals surface area contributed by atoms with E-state index in [9.17, 15) is 26.4 Å². The van der Waals surface area contributed by atoms with Crippen LogP contribution < -0.4 is 5.32 Å². The standard InChI is InChI=1S/C21H28N4O6S2/c1-15-5-6-17(33(30,31)24-10-3-2-4-11-24)13-19(15)22-21(27)18-7-8-20(26)25(23-18)16-9-12-32(28,29)14-16/h5-6,13,16H,2-4,7-12,14H2,1H3,(H,22,27). The van der Waals surface area contributed by atoms with Gasteiger partial charge in [0.15, 0.2) is 9.84 Å². The molecule has 3 aliphatic heterocycles. The second kappa shape index (κ2) is 9.15. The molecule has 0 spiro atoms. The molecule has 2 saturated heterocycles. The van der Waals surface area contributed by atoms with Crippen LogP contribution in [0.1, 0.15) is 44.1 Å². The lowest BCUT2D eigenvalue weighted by atomic mass is 10.1. The summed E-state index contributed by atoms with van der Waals surface area (Å²) in [5.41, 5.74) is 1.16. The number of piperidine rings is 1. The fourth-order valence-electron chi connectivity index (χ4n) is 4.33. The first-order valence-corrected chi connectivity index (χ1v) is 14.3. The molecule has 0 radical (unpaired) electrons. The first-order valence-electron chi connectivity index (χ1n) is 11.1. The highest BCUT2D eigenvalue weighted by molar-refractivity contribution is 7.91. The predicted octanol–water partition coefficient (Wildman–Crippen LogP) is 1.27.